The van der Waals surface area contributed by atoms with Crippen molar-refractivity contribution in [1.29, 1.82) is 0 Å². The van der Waals surface area contributed by atoms with Crippen molar-refractivity contribution in [3.63, 3.8) is 0 Å². The molecule has 0 amide bonds. The molecule has 6 heteroatoms. The molecule has 1 saturated carbocycles. The second kappa shape index (κ2) is 5.29. The highest BCUT2D eigenvalue weighted by molar-refractivity contribution is 5.43. The number of nitrogens with one attached hydrogen (secondary N) is 1. The Hall–Kier alpha value is -2.63. The number of nitrogens with zero attached hydrogens (tertiary/aromatic N) is 4. The Morgan fingerprint density at radius 3 is 2.86 bits per heavy atom. The van der Waals surface area contributed by atoms with Gasteiger partial charge < -0.3 is 9.84 Å². The normalized spacial score (nSPS) is 15.7. The van der Waals surface area contributed by atoms with Crippen molar-refractivity contribution in [2.45, 2.75) is 31.7 Å². The summed E-state index contributed by atoms with van der Waals surface area (Å²) in [7, 11) is 0. The van der Waals surface area contributed by atoms with Crippen LogP contribution in [0.15, 0.2) is 47.2 Å². The van der Waals surface area contributed by atoms with E-state index in [1.807, 2.05) is 48.1 Å². The van der Waals surface area contributed by atoms with Gasteiger partial charge in [0.05, 0.1) is 23.8 Å². The maximum atomic E-state index is 5.34. The van der Waals surface area contributed by atoms with E-state index >= 15 is 0 Å². The molecule has 1 aromatic carbocycles. The van der Waals surface area contributed by atoms with Gasteiger partial charge in [0.2, 0.25) is 5.89 Å². The average Bonchev–Trinajstić information content (AvgIpc) is 3.10. The van der Waals surface area contributed by atoms with Crippen LogP contribution in [0.3, 0.4) is 0 Å². The quantitative estimate of drug-likeness (QED) is 0.782. The number of rotatable bonds is 5. The molecule has 0 spiro atoms. The Bertz CT molecular complexity index is 760. The maximum absolute atomic E-state index is 5.34. The van der Waals surface area contributed by atoms with Gasteiger partial charge in [0, 0.05) is 5.92 Å². The molecule has 6 nitrogen and oxygen atoms in total. The molecule has 22 heavy (non-hydrogen) atoms. The van der Waals surface area contributed by atoms with Crippen molar-refractivity contribution < 1.29 is 4.52 Å². The summed E-state index contributed by atoms with van der Waals surface area (Å²) in [5, 5.41) is 11.8. The molecule has 4 rings (SSSR count). The van der Waals surface area contributed by atoms with Gasteiger partial charge in [-0.2, -0.15) is 10.1 Å². The molecule has 1 aliphatic carbocycles. The first-order chi connectivity index (χ1) is 10.8. The summed E-state index contributed by atoms with van der Waals surface area (Å²) in [5.41, 5.74) is 1.94. The number of hydrogen-bond donors (Lipinski definition) is 1. The molecule has 112 valence electrons. The van der Waals surface area contributed by atoms with Crippen molar-refractivity contribution in [2.75, 3.05) is 5.32 Å². The van der Waals surface area contributed by atoms with E-state index < -0.39 is 0 Å². The lowest BCUT2D eigenvalue weighted by Gasteiger charge is -2.08. The van der Waals surface area contributed by atoms with Crippen LogP contribution >= 0.6 is 0 Å². The molecule has 2 aromatic heterocycles. The van der Waals surface area contributed by atoms with Gasteiger partial charge in [0.15, 0.2) is 5.82 Å². The van der Waals surface area contributed by atoms with E-state index in [2.05, 4.69) is 20.6 Å². The van der Waals surface area contributed by atoms with Gasteiger partial charge in [-0.05, 0) is 31.9 Å². The number of para-hydroxylation sites is 1. The van der Waals surface area contributed by atoms with Crippen LogP contribution in [0.2, 0.25) is 0 Å². The largest absolute Gasteiger partial charge is 0.371 e. The van der Waals surface area contributed by atoms with Gasteiger partial charge in [-0.25, -0.2) is 4.68 Å². The maximum Gasteiger partial charge on any atom is 0.248 e. The highest BCUT2D eigenvalue weighted by atomic mass is 16.5. The second-order valence-electron chi connectivity index (χ2n) is 5.64. The Balaban J connectivity index is 1.47. The fraction of sp³-hybridized carbons (Fsp3) is 0.312. The van der Waals surface area contributed by atoms with Crippen LogP contribution in [-0.2, 0) is 0 Å². The fourth-order valence-corrected chi connectivity index (χ4v) is 2.36. The smallest absolute Gasteiger partial charge is 0.248 e. The minimum absolute atomic E-state index is 0.0478. The lowest BCUT2D eigenvalue weighted by molar-refractivity contribution is 0.363. The average molecular weight is 295 g/mol. The summed E-state index contributed by atoms with van der Waals surface area (Å²) < 4.78 is 7.17. The van der Waals surface area contributed by atoms with E-state index in [0.29, 0.717) is 11.8 Å². The Labute approximate surface area is 128 Å². The van der Waals surface area contributed by atoms with Gasteiger partial charge in [-0.15, -0.1) is 0 Å². The molecule has 1 N–H and O–H groups in total. The molecule has 0 saturated heterocycles. The van der Waals surface area contributed by atoms with Gasteiger partial charge in [-0.1, -0.05) is 23.4 Å². The van der Waals surface area contributed by atoms with Gasteiger partial charge >= 0.3 is 0 Å². The summed E-state index contributed by atoms with van der Waals surface area (Å²) in [6.07, 6.45) is 6.08. The van der Waals surface area contributed by atoms with Crippen LogP contribution in [0.1, 0.15) is 43.4 Å². The Kier molecular flexibility index (Phi) is 3.14. The van der Waals surface area contributed by atoms with E-state index in [4.69, 9.17) is 4.52 Å². The third kappa shape index (κ3) is 2.59. The molecule has 0 radical (unpaired) electrons. The van der Waals surface area contributed by atoms with E-state index in [9.17, 15) is 0 Å². The van der Waals surface area contributed by atoms with Crippen molar-refractivity contribution in [3.05, 3.63) is 54.4 Å². The minimum atomic E-state index is -0.0478. The van der Waals surface area contributed by atoms with Gasteiger partial charge in [0.25, 0.3) is 0 Å². The monoisotopic (exact) mass is 295 g/mol. The second-order valence-corrected chi connectivity index (χ2v) is 5.64. The van der Waals surface area contributed by atoms with Crippen LogP contribution in [0.25, 0.3) is 5.69 Å². The number of benzene rings is 1. The fourth-order valence-electron chi connectivity index (χ4n) is 2.36. The molecular weight excluding hydrogens is 278 g/mol. The van der Waals surface area contributed by atoms with Gasteiger partial charge in [0.1, 0.15) is 6.04 Å². The SMILES string of the molecule is C[C@H](Nc1cnn(-c2ccccc2)c1)c1nc(C2CC2)no1. The third-order valence-corrected chi connectivity index (χ3v) is 3.76. The topological polar surface area (TPSA) is 68.8 Å². The van der Waals surface area contributed by atoms with Crippen LogP contribution < -0.4 is 5.32 Å². The lowest BCUT2D eigenvalue weighted by Crippen LogP contribution is -2.06. The molecule has 0 unspecified atom stereocenters. The highest BCUT2D eigenvalue weighted by Gasteiger charge is 2.29. The van der Waals surface area contributed by atoms with E-state index in [-0.39, 0.29) is 6.04 Å². The minimum Gasteiger partial charge on any atom is -0.371 e. The summed E-state index contributed by atoms with van der Waals surface area (Å²) in [6, 6.07) is 9.95. The molecule has 1 aliphatic rings. The number of anilines is 1. The number of aromatic nitrogens is 4. The van der Waals surface area contributed by atoms with E-state index in [1.165, 1.54) is 12.8 Å². The van der Waals surface area contributed by atoms with Crippen molar-refractivity contribution in [1.82, 2.24) is 19.9 Å². The van der Waals surface area contributed by atoms with E-state index in [1.54, 1.807) is 6.20 Å². The predicted molar refractivity (Wildman–Crippen MR) is 81.9 cm³/mol. The zero-order chi connectivity index (χ0) is 14.9. The lowest BCUT2D eigenvalue weighted by atomic mass is 10.3. The molecule has 1 fully saturated rings. The van der Waals surface area contributed by atoms with Crippen LogP contribution in [0, 0.1) is 0 Å². The zero-order valence-corrected chi connectivity index (χ0v) is 12.3. The first kappa shape index (κ1) is 13.1. The Morgan fingerprint density at radius 1 is 1.27 bits per heavy atom. The first-order valence-corrected chi connectivity index (χ1v) is 7.50. The van der Waals surface area contributed by atoms with Crippen LogP contribution in [-0.4, -0.2) is 19.9 Å². The standard InChI is InChI=1S/C16H17N5O/c1-11(16-19-15(20-22-16)12-7-8-12)18-13-9-17-21(10-13)14-5-3-2-4-6-14/h2-6,9-12,18H,7-8H2,1H3/t11-/m0/s1. The first-order valence-electron chi connectivity index (χ1n) is 7.50. The summed E-state index contributed by atoms with van der Waals surface area (Å²) in [5.74, 6) is 1.96. The molecular formula is C16H17N5O. The van der Waals surface area contributed by atoms with Crippen LogP contribution in [0.5, 0.6) is 0 Å². The predicted octanol–water partition coefficient (Wildman–Crippen LogP) is 3.31. The van der Waals surface area contributed by atoms with Gasteiger partial charge in [-0.3, -0.25) is 0 Å². The summed E-state index contributed by atoms with van der Waals surface area (Å²) in [6.45, 7) is 2.00. The zero-order valence-electron chi connectivity index (χ0n) is 12.3. The molecule has 3 aromatic rings. The van der Waals surface area contributed by atoms with Crippen molar-refractivity contribution in [2.24, 2.45) is 0 Å². The Morgan fingerprint density at radius 2 is 2.09 bits per heavy atom. The van der Waals surface area contributed by atoms with Crippen molar-refractivity contribution in [3.8, 4) is 5.69 Å². The van der Waals surface area contributed by atoms with Crippen molar-refractivity contribution >= 4 is 5.69 Å². The van der Waals surface area contributed by atoms with Crippen LogP contribution in [0.4, 0.5) is 5.69 Å². The molecule has 0 aliphatic heterocycles. The summed E-state index contributed by atoms with van der Waals surface area (Å²) in [4.78, 5) is 4.47. The number of hydrogen-bond acceptors (Lipinski definition) is 5. The highest BCUT2D eigenvalue weighted by Crippen LogP contribution is 2.38. The molecule has 2 heterocycles. The molecule has 0 bridgehead atoms. The summed E-state index contributed by atoms with van der Waals surface area (Å²) >= 11 is 0. The van der Waals surface area contributed by atoms with E-state index in [0.717, 1.165) is 17.2 Å². The third-order valence-electron chi connectivity index (χ3n) is 3.76. The molecule has 1 atom stereocenters.